The number of rotatable bonds is 25. The number of aryl methyl sites for hydroxylation is 4. The molecule has 250 valence electrons. The Labute approximate surface area is 294 Å². The Morgan fingerprint density at radius 2 is 1.29 bits per heavy atom. The fraction of sp³-hybridized carbons (Fsp3) is 0.610. The van der Waals surface area contributed by atoms with Crippen LogP contribution in [0.3, 0.4) is 0 Å². The van der Waals surface area contributed by atoms with Crippen molar-refractivity contribution in [2.45, 2.75) is 167 Å². The predicted molar refractivity (Wildman–Crippen MR) is 212 cm³/mol. The Morgan fingerprint density at radius 1 is 0.689 bits per heavy atom. The average Bonchev–Trinajstić information content (AvgIpc) is 3.76. The fourth-order valence-corrected chi connectivity index (χ4v) is 10.7. The van der Waals surface area contributed by atoms with Gasteiger partial charge < -0.3 is 0 Å². The van der Waals surface area contributed by atoms with Gasteiger partial charge in [0.2, 0.25) is 0 Å². The van der Waals surface area contributed by atoms with E-state index in [9.17, 15) is 0 Å². The van der Waals surface area contributed by atoms with Crippen LogP contribution in [-0.4, -0.2) is 0 Å². The molecule has 0 saturated carbocycles. The zero-order valence-electron chi connectivity index (χ0n) is 29.4. The van der Waals surface area contributed by atoms with Crippen molar-refractivity contribution < 1.29 is 0 Å². The molecule has 3 aromatic heterocycles. The molecule has 0 bridgehead atoms. The SMILES string of the molecule is C=C(/C=C(\Sc1cc(CCCCCC)cs1)c1sc(-c2sc(C)cc2CCCCCC)cc1CCCCCC)CCCCCC. The number of hydrogen-bond acceptors (Lipinski definition) is 4. The Morgan fingerprint density at radius 3 is 1.93 bits per heavy atom. The number of thiophene rings is 3. The summed E-state index contributed by atoms with van der Waals surface area (Å²) in [7, 11) is 0. The van der Waals surface area contributed by atoms with Crippen LogP contribution in [0.15, 0.2) is 46.0 Å². The molecular formula is C41H62S4. The second-order valence-electron chi connectivity index (χ2n) is 13.0. The summed E-state index contributed by atoms with van der Waals surface area (Å²) in [6, 6.07) is 7.54. The Bertz CT molecular complexity index is 1270. The van der Waals surface area contributed by atoms with Gasteiger partial charge in [0, 0.05) is 24.4 Å². The molecule has 0 atom stereocenters. The van der Waals surface area contributed by atoms with Crippen molar-refractivity contribution in [3.8, 4) is 9.75 Å². The van der Waals surface area contributed by atoms with Gasteiger partial charge in [-0.05, 0) is 105 Å². The Kier molecular flexibility index (Phi) is 19.2. The smallest absolute Gasteiger partial charge is 0.0649 e. The molecule has 0 fully saturated rings. The largest absolute Gasteiger partial charge is 0.139 e. The third-order valence-electron chi connectivity index (χ3n) is 8.63. The van der Waals surface area contributed by atoms with Crippen LogP contribution in [0.2, 0.25) is 0 Å². The first-order valence-electron chi connectivity index (χ1n) is 18.4. The first-order chi connectivity index (χ1) is 22.0. The van der Waals surface area contributed by atoms with Crippen LogP contribution >= 0.6 is 45.8 Å². The van der Waals surface area contributed by atoms with Crippen LogP contribution in [0.1, 0.15) is 163 Å². The van der Waals surface area contributed by atoms with E-state index in [1.165, 1.54) is 162 Å². The molecule has 0 aliphatic rings. The molecule has 0 saturated heterocycles. The van der Waals surface area contributed by atoms with Gasteiger partial charge in [-0.2, -0.15) is 0 Å². The van der Waals surface area contributed by atoms with Gasteiger partial charge in [0.05, 0.1) is 4.21 Å². The molecule has 0 aliphatic carbocycles. The molecule has 0 radical (unpaired) electrons. The van der Waals surface area contributed by atoms with Gasteiger partial charge in [-0.25, -0.2) is 0 Å². The molecule has 0 unspecified atom stereocenters. The fourth-order valence-electron chi connectivity index (χ4n) is 5.96. The lowest BCUT2D eigenvalue weighted by atomic mass is 10.0. The lowest BCUT2D eigenvalue weighted by Gasteiger charge is -2.10. The molecule has 4 heteroatoms. The van der Waals surface area contributed by atoms with E-state index in [2.05, 4.69) is 82.2 Å². The van der Waals surface area contributed by atoms with E-state index >= 15 is 0 Å². The van der Waals surface area contributed by atoms with Gasteiger partial charge in [0.1, 0.15) is 0 Å². The van der Waals surface area contributed by atoms with Crippen molar-refractivity contribution in [1.29, 1.82) is 0 Å². The van der Waals surface area contributed by atoms with Crippen LogP contribution in [0, 0.1) is 6.92 Å². The molecule has 0 N–H and O–H groups in total. The molecule has 3 heterocycles. The first-order valence-corrected chi connectivity index (χ1v) is 21.7. The van der Waals surface area contributed by atoms with Crippen molar-refractivity contribution >= 4 is 50.7 Å². The molecule has 0 nitrogen and oxygen atoms in total. The van der Waals surface area contributed by atoms with E-state index in [0.29, 0.717) is 0 Å². The highest BCUT2D eigenvalue weighted by Crippen LogP contribution is 2.47. The highest BCUT2D eigenvalue weighted by atomic mass is 32.2. The van der Waals surface area contributed by atoms with Gasteiger partial charge in [-0.3, -0.25) is 0 Å². The second-order valence-corrected chi connectivity index (χ2v) is 17.5. The van der Waals surface area contributed by atoms with Crippen molar-refractivity contribution in [2.75, 3.05) is 0 Å². The zero-order valence-corrected chi connectivity index (χ0v) is 32.6. The summed E-state index contributed by atoms with van der Waals surface area (Å²) in [6.45, 7) is 16.1. The second kappa shape index (κ2) is 22.5. The molecule has 3 aromatic rings. The number of thioether (sulfide) groups is 1. The summed E-state index contributed by atoms with van der Waals surface area (Å²) in [4.78, 5) is 7.40. The van der Waals surface area contributed by atoms with E-state index in [0.717, 1.165) is 6.42 Å². The van der Waals surface area contributed by atoms with Crippen LogP contribution in [0.25, 0.3) is 14.7 Å². The van der Waals surface area contributed by atoms with Crippen LogP contribution in [0.5, 0.6) is 0 Å². The van der Waals surface area contributed by atoms with Gasteiger partial charge in [0.15, 0.2) is 0 Å². The molecule has 45 heavy (non-hydrogen) atoms. The highest BCUT2D eigenvalue weighted by Gasteiger charge is 2.20. The van der Waals surface area contributed by atoms with Gasteiger partial charge in [-0.15, -0.1) is 34.0 Å². The molecule has 0 aliphatic heterocycles. The summed E-state index contributed by atoms with van der Waals surface area (Å²) in [5.41, 5.74) is 5.94. The lowest BCUT2D eigenvalue weighted by Crippen LogP contribution is -1.89. The van der Waals surface area contributed by atoms with E-state index < -0.39 is 0 Å². The minimum atomic E-state index is 1.10. The topological polar surface area (TPSA) is 0 Å². The number of allylic oxidation sites excluding steroid dienone is 2. The predicted octanol–water partition coefficient (Wildman–Crippen LogP) is 15.9. The van der Waals surface area contributed by atoms with Crippen molar-refractivity contribution in [3.63, 3.8) is 0 Å². The van der Waals surface area contributed by atoms with Gasteiger partial charge >= 0.3 is 0 Å². The molecule has 3 rings (SSSR count). The van der Waals surface area contributed by atoms with Crippen molar-refractivity contribution in [3.05, 3.63) is 68.3 Å². The van der Waals surface area contributed by atoms with E-state index in [1.54, 1.807) is 11.1 Å². The monoisotopic (exact) mass is 682 g/mol. The standard InChI is InChI=1S/C41H62S4/c1-7-11-15-19-23-32(5)27-37(44-39-29-34(31-42-39)24-20-16-12-8-2)41-36(26-22-18-14-10-4)30-38(45-41)40-35(28-33(6)43-40)25-21-17-13-9-3/h27-31H,5,7-26H2,1-4,6H3/b37-27-. The molecule has 0 amide bonds. The van der Waals surface area contributed by atoms with E-state index in [1.807, 2.05) is 34.4 Å². The minimum absolute atomic E-state index is 1.10. The third kappa shape index (κ3) is 13.9. The summed E-state index contributed by atoms with van der Waals surface area (Å²) in [5.74, 6) is 0. The van der Waals surface area contributed by atoms with Crippen LogP contribution in [0.4, 0.5) is 0 Å². The lowest BCUT2D eigenvalue weighted by molar-refractivity contribution is 0.667. The quantitative estimate of drug-likeness (QED) is 0.0487. The van der Waals surface area contributed by atoms with Gasteiger partial charge in [0.25, 0.3) is 0 Å². The maximum atomic E-state index is 4.59. The van der Waals surface area contributed by atoms with Crippen molar-refractivity contribution in [2.24, 2.45) is 0 Å². The zero-order chi connectivity index (χ0) is 32.3. The van der Waals surface area contributed by atoms with Gasteiger partial charge in [-0.1, -0.05) is 129 Å². The summed E-state index contributed by atoms with van der Waals surface area (Å²) >= 11 is 8.02. The maximum absolute atomic E-state index is 4.59. The average molecular weight is 683 g/mol. The first kappa shape index (κ1) is 38.4. The Hall–Kier alpha value is -1.07. The normalized spacial score (nSPS) is 12.0. The summed E-state index contributed by atoms with van der Waals surface area (Å²) < 4.78 is 1.43. The molecule has 0 spiro atoms. The van der Waals surface area contributed by atoms with Crippen molar-refractivity contribution in [1.82, 2.24) is 0 Å². The number of unbranched alkanes of at least 4 members (excludes halogenated alkanes) is 12. The third-order valence-corrected chi connectivity index (χ3v) is 13.4. The summed E-state index contributed by atoms with van der Waals surface area (Å²) in [6.07, 6.45) is 28.2. The minimum Gasteiger partial charge on any atom is -0.139 e. The molecule has 0 aromatic carbocycles. The van der Waals surface area contributed by atoms with Crippen LogP contribution < -0.4 is 0 Å². The Balaban J connectivity index is 1.95. The maximum Gasteiger partial charge on any atom is 0.0649 e. The summed E-state index contributed by atoms with van der Waals surface area (Å²) in [5, 5.41) is 2.41. The van der Waals surface area contributed by atoms with E-state index in [4.69, 9.17) is 0 Å². The number of hydrogen-bond donors (Lipinski definition) is 0. The van der Waals surface area contributed by atoms with Crippen LogP contribution in [-0.2, 0) is 19.3 Å². The van der Waals surface area contributed by atoms with E-state index in [-0.39, 0.29) is 0 Å². The molecular weight excluding hydrogens is 621 g/mol. The highest BCUT2D eigenvalue weighted by molar-refractivity contribution is 8.10.